The number of methoxy groups -OCH3 is 2. The Morgan fingerprint density at radius 3 is 2.77 bits per heavy atom. The van der Waals surface area contributed by atoms with Gasteiger partial charge in [0, 0.05) is 32.0 Å². The van der Waals surface area contributed by atoms with E-state index >= 15 is 0 Å². The summed E-state index contributed by atoms with van der Waals surface area (Å²) in [5.74, 6) is 0.746. The first-order valence-electron chi connectivity index (χ1n) is 11.1. The van der Waals surface area contributed by atoms with E-state index in [0.717, 1.165) is 50.9 Å². The number of carbonyl (C=O) groups excluding carboxylic acids is 1. The standard InChI is InChI=1S/C23H30N2O5/c1-14(26)25-17-5-7-21-6-4-10-24-11-8-22(17,23(21,24)30-12-9-21)15-13-16(28-2)20(29-3)19(27)18(15)25/h13,17,27H,4-12H2,1-3H3. The van der Waals surface area contributed by atoms with E-state index in [4.69, 9.17) is 14.2 Å². The van der Waals surface area contributed by atoms with Crippen LogP contribution in [0.5, 0.6) is 17.2 Å². The van der Waals surface area contributed by atoms with E-state index in [-0.39, 0.29) is 34.3 Å². The minimum Gasteiger partial charge on any atom is -0.503 e. The number of hydrogen-bond acceptors (Lipinski definition) is 6. The van der Waals surface area contributed by atoms with Crippen LogP contribution in [-0.2, 0) is 14.9 Å². The van der Waals surface area contributed by atoms with Gasteiger partial charge in [-0.25, -0.2) is 0 Å². The Kier molecular flexibility index (Phi) is 3.64. The van der Waals surface area contributed by atoms with Crippen molar-refractivity contribution in [2.45, 2.75) is 62.6 Å². The van der Waals surface area contributed by atoms with Gasteiger partial charge in [-0.05, 0) is 50.2 Å². The number of nitrogens with zero attached hydrogens (tertiary/aromatic N) is 2. The first-order valence-corrected chi connectivity index (χ1v) is 11.1. The number of hydrogen-bond donors (Lipinski definition) is 1. The van der Waals surface area contributed by atoms with Gasteiger partial charge < -0.3 is 24.2 Å². The molecule has 1 amide bonds. The molecule has 7 heteroatoms. The third-order valence-corrected chi connectivity index (χ3v) is 8.98. The van der Waals surface area contributed by atoms with Crippen molar-refractivity contribution in [1.82, 2.24) is 4.90 Å². The maximum absolute atomic E-state index is 13.0. The molecule has 7 nitrogen and oxygen atoms in total. The van der Waals surface area contributed by atoms with E-state index in [1.54, 1.807) is 14.0 Å². The lowest BCUT2D eigenvalue weighted by atomic mass is 9.50. The van der Waals surface area contributed by atoms with E-state index in [9.17, 15) is 9.90 Å². The molecular weight excluding hydrogens is 384 g/mol. The van der Waals surface area contributed by atoms with Gasteiger partial charge >= 0.3 is 0 Å². The number of benzene rings is 1. The molecule has 1 saturated carbocycles. The highest BCUT2D eigenvalue weighted by atomic mass is 16.5. The number of phenols is 1. The Balaban J connectivity index is 1.70. The van der Waals surface area contributed by atoms with Gasteiger partial charge in [0.2, 0.25) is 11.7 Å². The molecule has 3 saturated heterocycles. The molecule has 4 fully saturated rings. The second kappa shape index (κ2) is 5.82. The molecule has 1 aliphatic carbocycles. The van der Waals surface area contributed by atoms with Gasteiger partial charge in [-0.15, -0.1) is 0 Å². The van der Waals surface area contributed by atoms with Crippen molar-refractivity contribution >= 4 is 11.6 Å². The summed E-state index contributed by atoms with van der Waals surface area (Å²) >= 11 is 0. The molecule has 1 aromatic rings. The fraction of sp³-hybridized carbons (Fsp3) is 0.696. The zero-order valence-electron chi connectivity index (χ0n) is 18.0. The number of ether oxygens (including phenoxy) is 3. The van der Waals surface area contributed by atoms with Crippen LogP contribution < -0.4 is 14.4 Å². The number of rotatable bonds is 2. The third kappa shape index (κ3) is 1.73. The minimum atomic E-state index is -0.411. The maximum Gasteiger partial charge on any atom is 0.224 e. The number of aromatic hydroxyl groups is 1. The molecule has 6 rings (SSSR count). The fourth-order valence-electron chi connectivity index (χ4n) is 8.24. The average Bonchev–Trinajstić information content (AvgIpc) is 3.38. The highest BCUT2D eigenvalue weighted by Crippen LogP contribution is 2.74. The van der Waals surface area contributed by atoms with Crippen molar-refractivity contribution in [3.63, 3.8) is 0 Å². The molecule has 0 aromatic heterocycles. The van der Waals surface area contributed by atoms with Crippen molar-refractivity contribution in [2.24, 2.45) is 5.41 Å². The lowest BCUT2D eigenvalue weighted by Crippen LogP contribution is -2.73. The molecule has 1 N–H and O–H groups in total. The van der Waals surface area contributed by atoms with E-state index in [1.807, 2.05) is 11.0 Å². The summed E-state index contributed by atoms with van der Waals surface area (Å²) in [6, 6.07) is 1.98. The third-order valence-electron chi connectivity index (χ3n) is 8.98. The molecule has 1 aromatic carbocycles. The first-order chi connectivity index (χ1) is 14.5. The monoisotopic (exact) mass is 414 g/mol. The van der Waals surface area contributed by atoms with Crippen molar-refractivity contribution in [2.75, 3.05) is 38.8 Å². The van der Waals surface area contributed by atoms with Crippen molar-refractivity contribution in [3.05, 3.63) is 11.6 Å². The number of anilines is 1. The van der Waals surface area contributed by atoms with Gasteiger partial charge in [0.25, 0.3) is 0 Å². The van der Waals surface area contributed by atoms with Gasteiger partial charge in [0.15, 0.2) is 11.5 Å². The smallest absolute Gasteiger partial charge is 0.224 e. The molecule has 162 valence electrons. The highest BCUT2D eigenvalue weighted by Gasteiger charge is 2.80. The quantitative estimate of drug-likeness (QED) is 0.803. The van der Waals surface area contributed by atoms with Crippen molar-refractivity contribution in [1.29, 1.82) is 0 Å². The van der Waals surface area contributed by atoms with Gasteiger partial charge in [-0.2, -0.15) is 0 Å². The molecule has 0 radical (unpaired) electrons. The second-order valence-corrected chi connectivity index (χ2v) is 9.64. The van der Waals surface area contributed by atoms with Crippen molar-refractivity contribution < 1.29 is 24.1 Å². The molecule has 2 spiro atoms. The maximum atomic E-state index is 13.0. The summed E-state index contributed by atoms with van der Waals surface area (Å²) in [6.07, 6.45) is 6.36. The zero-order valence-corrected chi connectivity index (χ0v) is 18.0. The van der Waals surface area contributed by atoms with Crippen LogP contribution in [0.25, 0.3) is 0 Å². The van der Waals surface area contributed by atoms with Crippen LogP contribution in [0.1, 0.15) is 51.0 Å². The Morgan fingerprint density at radius 1 is 1.20 bits per heavy atom. The molecule has 30 heavy (non-hydrogen) atoms. The largest absolute Gasteiger partial charge is 0.503 e. The Morgan fingerprint density at radius 2 is 2.03 bits per heavy atom. The Labute approximate surface area is 176 Å². The Hall–Kier alpha value is -1.99. The topological polar surface area (TPSA) is 71.5 Å². The summed E-state index contributed by atoms with van der Waals surface area (Å²) in [5.41, 5.74) is 0.934. The summed E-state index contributed by atoms with van der Waals surface area (Å²) in [6.45, 7) is 4.35. The van der Waals surface area contributed by atoms with Gasteiger partial charge in [-0.1, -0.05) is 0 Å². The number of piperidine rings is 1. The lowest BCUT2D eigenvalue weighted by Gasteiger charge is -2.62. The Bertz CT molecular complexity index is 950. The van der Waals surface area contributed by atoms with E-state index in [1.165, 1.54) is 20.0 Å². The predicted molar refractivity (Wildman–Crippen MR) is 110 cm³/mol. The summed E-state index contributed by atoms with van der Waals surface area (Å²) in [7, 11) is 3.11. The predicted octanol–water partition coefficient (Wildman–Crippen LogP) is 2.78. The first kappa shape index (κ1) is 18.8. The fourth-order valence-corrected chi connectivity index (χ4v) is 8.24. The van der Waals surface area contributed by atoms with Crippen LogP contribution in [0, 0.1) is 5.41 Å². The normalized spacial score (nSPS) is 38.6. The minimum absolute atomic E-state index is 0.0000753. The number of phenolic OH excluding ortho intramolecular Hbond substituents is 1. The van der Waals surface area contributed by atoms with Crippen LogP contribution in [0.3, 0.4) is 0 Å². The number of amides is 1. The molecule has 4 heterocycles. The average molecular weight is 415 g/mol. The number of fused-ring (bicyclic) bond motifs is 1. The molecule has 4 aliphatic heterocycles. The zero-order chi connectivity index (χ0) is 20.9. The highest BCUT2D eigenvalue weighted by molar-refractivity contribution is 5.99. The van der Waals surface area contributed by atoms with Gasteiger partial charge in [0.05, 0.1) is 31.4 Å². The summed E-state index contributed by atoms with van der Waals surface area (Å²) in [5, 5.41) is 11.3. The number of carbonyl (C=O) groups is 1. The molecular formula is C23H30N2O5. The molecule has 4 atom stereocenters. The van der Waals surface area contributed by atoms with Crippen LogP contribution in [0.15, 0.2) is 6.07 Å². The van der Waals surface area contributed by atoms with E-state index < -0.39 is 5.72 Å². The van der Waals surface area contributed by atoms with Gasteiger partial charge in [-0.3, -0.25) is 9.69 Å². The molecule has 0 bridgehead atoms. The van der Waals surface area contributed by atoms with Crippen LogP contribution in [0.4, 0.5) is 5.69 Å². The van der Waals surface area contributed by atoms with E-state index in [0.29, 0.717) is 11.4 Å². The van der Waals surface area contributed by atoms with Gasteiger partial charge in [0.1, 0.15) is 5.72 Å². The molecule has 4 unspecified atom stereocenters. The summed E-state index contributed by atoms with van der Waals surface area (Å²) in [4.78, 5) is 17.4. The molecule has 5 aliphatic rings. The van der Waals surface area contributed by atoms with E-state index in [2.05, 4.69) is 4.90 Å². The van der Waals surface area contributed by atoms with Crippen LogP contribution in [-0.4, -0.2) is 61.6 Å². The SMILES string of the molecule is COc1cc2c(c(O)c1OC)N(C(C)=O)C1CCC34CCCN5CCC21C53OCC4. The van der Waals surface area contributed by atoms with Crippen molar-refractivity contribution in [3.8, 4) is 17.2 Å². The summed E-state index contributed by atoms with van der Waals surface area (Å²) < 4.78 is 17.9. The lowest BCUT2D eigenvalue weighted by molar-refractivity contribution is -0.232. The second-order valence-electron chi connectivity index (χ2n) is 9.64. The van der Waals surface area contributed by atoms with Crippen LogP contribution in [0.2, 0.25) is 0 Å². The van der Waals surface area contributed by atoms with Crippen LogP contribution >= 0.6 is 0 Å².